The third-order valence-corrected chi connectivity index (χ3v) is 5.37. The average Bonchev–Trinajstić information content (AvgIpc) is 3.33. The molecule has 2 N–H and O–H groups in total. The first-order chi connectivity index (χ1) is 11.6. The summed E-state index contributed by atoms with van der Waals surface area (Å²) < 4.78 is 10.4. The SMILES string of the molecule is COc1cc(OC)cc(C(=O)NCC(O)(c2cccs2)C2CC2)c1. The molecule has 0 radical (unpaired) electrons. The van der Waals surface area contributed by atoms with Crippen LogP contribution in [0, 0.1) is 5.92 Å². The Morgan fingerprint density at radius 2 is 1.96 bits per heavy atom. The second-order valence-electron chi connectivity index (χ2n) is 5.96. The highest BCUT2D eigenvalue weighted by atomic mass is 32.1. The smallest absolute Gasteiger partial charge is 0.251 e. The molecule has 1 heterocycles. The van der Waals surface area contributed by atoms with Crippen LogP contribution in [0.15, 0.2) is 35.7 Å². The van der Waals surface area contributed by atoms with Gasteiger partial charge in [-0.1, -0.05) is 6.07 Å². The minimum absolute atomic E-state index is 0.191. The van der Waals surface area contributed by atoms with Crippen molar-refractivity contribution in [3.63, 3.8) is 0 Å². The Bertz CT molecular complexity index is 690. The second-order valence-corrected chi connectivity index (χ2v) is 6.91. The second kappa shape index (κ2) is 6.83. The van der Waals surface area contributed by atoms with Crippen LogP contribution in [0.1, 0.15) is 28.1 Å². The molecule has 0 spiro atoms. The largest absolute Gasteiger partial charge is 0.497 e. The topological polar surface area (TPSA) is 67.8 Å². The Morgan fingerprint density at radius 1 is 1.29 bits per heavy atom. The van der Waals surface area contributed by atoms with Gasteiger partial charge in [0.2, 0.25) is 0 Å². The van der Waals surface area contributed by atoms with E-state index in [0.717, 1.165) is 17.7 Å². The number of carbonyl (C=O) groups is 1. The zero-order chi connectivity index (χ0) is 17.2. The van der Waals surface area contributed by atoms with Gasteiger partial charge in [0.15, 0.2) is 0 Å². The summed E-state index contributed by atoms with van der Waals surface area (Å²) in [6.45, 7) is 0.191. The highest BCUT2D eigenvalue weighted by molar-refractivity contribution is 7.10. The minimum Gasteiger partial charge on any atom is -0.497 e. The van der Waals surface area contributed by atoms with Crippen LogP contribution in [-0.2, 0) is 5.60 Å². The maximum absolute atomic E-state index is 12.5. The molecule has 1 aromatic heterocycles. The Hall–Kier alpha value is -2.05. The molecule has 6 heteroatoms. The zero-order valence-corrected chi connectivity index (χ0v) is 14.6. The fourth-order valence-electron chi connectivity index (χ4n) is 2.77. The maximum Gasteiger partial charge on any atom is 0.251 e. The lowest BCUT2D eigenvalue weighted by atomic mass is 9.95. The van der Waals surface area contributed by atoms with E-state index in [-0.39, 0.29) is 18.4 Å². The first kappa shape index (κ1) is 16.8. The van der Waals surface area contributed by atoms with E-state index < -0.39 is 5.60 Å². The van der Waals surface area contributed by atoms with Gasteiger partial charge < -0.3 is 19.9 Å². The number of ether oxygens (including phenoxy) is 2. The molecule has 1 saturated carbocycles. The van der Waals surface area contributed by atoms with E-state index in [1.165, 1.54) is 11.3 Å². The molecular weight excluding hydrogens is 326 g/mol. The minimum atomic E-state index is -0.993. The average molecular weight is 347 g/mol. The number of rotatable bonds is 7. The number of aliphatic hydroxyl groups is 1. The van der Waals surface area contributed by atoms with Gasteiger partial charge in [-0.25, -0.2) is 0 Å². The van der Waals surface area contributed by atoms with E-state index in [9.17, 15) is 9.90 Å². The standard InChI is InChI=1S/C18H21NO4S/c1-22-14-8-12(9-15(10-14)23-2)17(20)19-11-18(21,13-5-6-13)16-4-3-7-24-16/h3-4,7-10,13,21H,5-6,11H2,1-2H3,(H,19,20). The Morgan fingerprint density at radius 3 is 2.46 bits per heavy atom. The van der Waals surface area contributed by atoms with Crippen molar-refractivity contribution in [3.8, 4) is 11.5 Å². The summed E-state index contributed by atoms with van der Waals surface area (Å²) in [5.74, 6) is 1.05. The molecule has 1 fully saturated rings. The first-order valence-corrected chi connectivity index (χ1v) is 8.72. The molecule has 1 atom stereocenters. The van der Waals surface area contributed by atoms with Gasteiger partial charge in [0.05, 0.1) is 20.8 Å². The van der Waals surface area contributed by atoms with Crippen LogP contribution in [0.3, 0.4) is 0 Å². The van der Waals surface area contributed by atoms with Crippen LogP contribution in [0.4, 0.5) is 0 Å². The Kier molecular flexibility index (Phi) is 4.78. The molecule has 5 nitrogen and oxygen atoms in total. The highest BCUT2D eigenvalue weighted by Gasteiger charge is 2.46. The monoisotopic (exact) mass is 347 g/mol. The molecule has 1 aliphatic carbocycles. The van der Waals surface area contributed by atoms with Gasteiger partial charge in [-0.2, -0.15) is 0 Å². The Balaban J connectivity index is 1.75. The lowest BCUT2D eigenvalue weighted by Gasteiger charge is -2.27. The molecule has 24 heavy (non-hydrogen) atoms. The van der Waals surface area contributed by atoms with Crippen LogP contribution in [0.5, 0.6) is 11.5 Å². The highest BCUT2D eigenvalue weighted by Crippen LogP contribution is 2.46. The van der Waals surface area contributed by atoms with Crippen molar-refractivity contribution >= 4 is 17.2 Å². The lowest BCUT2D eigenvalue weighted by Crippen LogP contribution is -2.42. The number of carbonyl (C=O) groups excluding carboxylic acids is 1. The van der Waals surface area contributed by atoms with Gasteiger partial charge in [0, 0.05) is 16.5 Å². The van der Waals surface area contributed by atoms with E-state index in [2.05, 4.69) is 5.32 Å². The molecule has 128 valence electrons. The van der Waals surface area contributed by atoms with Crippen LogP contribution in [0.2, 0.25) is 0 Å². The van der Waals surface area contributed by atoms with Crippen LogP contribution in [-0.4, -0.2) is 31.8 Å². The summed E-state index contributed by atoms with van der Waals surface area (Å²) in [6, 6.07) is 8.85. The molecule has 0 bridgehead atoms. The number of amides is 1. The number of hydrogen-bond donors (Lipinski definition) is 2. The van der Waals surface area contributed by atoms with E-state index >= 15 is 0 Å². The predicted octanol–water partition coefficient (Wildman–Crippen LogP) is 2.79. The predicted molar refractivity (Wildman–Crippen MR) is 92.8 cm³/mol. The molecule has 1 aromatic carbocycles. The van der Waals surface area contributed by atoms with Crippen molar-refractivity contribution in [1.82, 2.24) is 5.32 Å². The fraction of sp³-hybridized carbons (Fsp3) is 0.389. The fourth-order valence-corrected chi connectivity index (χ4v) is 3.68. The molecule has 1 aliphatic rings. The third kappa shape index (κ3) is 3.39. The quantitative estimate of drug-likeness (QED) is 0.808. The molecule has 0 aliphatic heterocycles. The van der Waals surface area contributed by atoms with E-state index in [4.69, 9.17) is 9.47 Å². The molecule has 2 aromatic rings. The van der Waals surface area contributed by atoms with Crippen LogP contribution in [0.25, 0.3) is 0 Å². The third-order valence-electron chi connectivity index (χ3n) is 4.33. The molecule has 0 saturated heterocycles. The summed E-state index contributed by atoms with van der Waals surface area (Å²) in [4.78, 5) is 13.4. The summed E-state index contributed by atoms with van der Waals surface area (Å²) >= 11 is 1.52. The van der Waals surface area contributed by atoms with Crippen molar-refractivity contribution in [1.29, 1.82) is 0 Å². The van der Waals surface area contributed by atoms with Gasteiger partial charge in [-0.05, 0) is 42.3 Å². The van der Waals surface area contributed by atoms with Crippen molar-refractivity contribution in [2.24, 2.45) is 5.92 Å². The van der Waals surface area contributed by atoms with Gasteiger partial charge in [0.25, 0.3) is 5.91 Å². The van der Waals surface area contributed by atoms with Crippen molar-refractivity contribution in [2.75, 3.05) is 20.8 Å². The molecule has 1 amide bonds. The van der Waals surface area contributed by atoms with E-state index in [1.807, 2.05) is 17.5 Å². The molecule has 1 unspecified atom stereocenters. The van der Waals surface area contributed by atoms with Gasteiger partial charge in [-0.3, -0.25) is 4.79 Å². The summed E-state index contributed by atoms with van der Waals surface area (Å²) in [5, 5.41) is 15.9. The lowest BCUT2D eigenvalue weighted by molar-refractivity contribution is 0.0169. The zero-order valence-electron chi connectivity index (χ0n) is 13.7. The number of hydrogen-bond acceptors (Lipinski definition) is 5. The normalized spacial score (nSPS) is 16.3. The first-order valence-electron chi connectivity index (χ1n) is 7.84. The molecule has 3 rings (SSSR count). The summed E-state index contributed by atoms with van der Waals surface area (Å²) in [5.41, 5.74) is -0.553. The van der Waals surface area contributed by atoms with E-state index in [1.54, 1.807) is 32.4 Å². The maximum atomic E-state index is 12.5. The van der Waals surface area contributed by atoms with Gasteiger partial charge >= 0.3 is 0 Å². The van der Waals surface area contributed by atoms with Gasteiger partial charge in [-0.15, -0.1) is 11.3 Å². The van der Waals surface area contributed by atoms with Crippen LogP contribution < -0.4 is 14.8 Å². The number of thiophene rings is 1. The number of methoxy groups -OCH3 is 2. The number of benzene rings is 1. The van der Waals surface area contributed by atoms with Crippen molar-refractivity contribution < 1.29 is 19.4 Å². The molecular formula is C18H21NO4S. The Labute approximate surface area is 145 Å². The van der Waals surface area contributed by atoms with E-state index in [0.29, 0.717) is 17.1 Å². The summed E-state index contributed by atoms with van der Waals surface area (Å²) in [7, 11) is 3.08. The van der Waals surface area contributed by atoms with Crippen LogP contribution >= 0.6 is 11.3 Å². The summed E-state index contributed by atoms with van der Waals surface area (Å²) in [6.07, 6.45) is 1.97. The van der Waals surface area contributed by atoms with Crippen molar-refractivity contribution in [3.05, 3.63) is 46.2 Å². The van der Waals surface area contributed by atoms with Crippen molar-refractivity contribution in [2.45, 2.75) is 18.4 Å². The number of nitrogens with one attached hydrogen (secondary N) is 1. The van der Waals surface area contributed by atoms with Gasteiger partial charge in [0.1, 0.15) is 17.1 Å².